The molecule has 0 saturated carbocycles. The maximum Gasteiger partial charge on any atom is 0.123 e. The molecule has 1 unspecified atom stereocenters. The van der Waals surface area contributed by atoms with E-state index in [0.29, 0.717) is 6.61 Å². The molecular formula is C15H23BrFNO. The molecule has 4 heteroatoms. The molecular weight excluding hydrogens is 309 g/mol. The fourth-order valence-electron chi connectivity index (χ4n) is 1.87. The summed E-state index contributed by atoms with van der Waals surface area (Å²) in [6.45, 7) is 6.62. The molecule has 1 rings (SSSR count). The first-order chi connectivity index (χ1) is 9.17. The van der Waals surface area contributed by atoms with Gasteiger partial charge in [0, 0.05) is 17.1 Å². The van der Waals surface area contributed by atoms with Gasteiger partial charge >= 0.3 is 0 Å². The predicted octanol–water partition coefficient (Wildman–Crippen LogP) is 3.93. The smallest absolute Gasteiger partial charge is 0.123 e. The lowest BCUT2D eigenvalue weighted by molar-refractivity contribution is 0.111. The van der Waals surface area contributed by atoms with Crippen LogP contribution in [0.4, 0.5) is 4.39 Å². The van der Waals surface area contributed by atoms with Crippen molar-refractivity contribution in [2.24, 2.45) is 0 Å². The van der Waals surface area contributed by atoms with E-state index in [9.17, 15) is 4.39 Å². The van der Waals surface area contributed by atoms with Crippen LogP contribution in [0.5, 0.6) is 0 Å². The topological polar surface area (TPSA) is 21.3 Å². The third-order valence-corrected chi connectivity index (χ3v) is 3.60. The normalized spacial score (nSPS) is 12.6. The minimum atomic E-state index is -0.193. The molecule has 0 bridgehead atoms. The molecule has 0 radical (unpaired) electrons. The molecule has 1 aromatic rings. The third kappa shape index (κ3) is 6.50. The zero-order chi connectivity index (χ0) is 14.1. The SMILES string of the molecule is CCCNC(COCCC)Cc1cc(F)ccc1Br. The van der Waals surface area contributed by atoms with Crippen LogP contribution in [0.1, 0.15) is 32.3 Å². The first-order valence-corrected chi connectivity index (χ1v) is 7.71. The molecule has 1 N–H and O–H groups in total. The molecule has 1 atom stereocenters. The van der Waals surface area contributed by atoms with E-state index in [1.165, 1.54) is 6.07 Å². The molecule has 0 aliphatic carbocycles. The number of hydrogen-bond donors (Lipinski definition) is 1. The van der Waals surface area contributed by atoms with Gasteiger partial charge < -0.3 is 10.1 Å². The molecule has 1 aromatic carbocycles. The van der Waals surface area contributed by atoms with E-state index in [4.69, 9.17) is 4.74 Å². The van der Waals surface area contributed by atoms with Gasteiger partial charge in [0.05, 0.1) is 6.61 Å². The Morgan fingerprint density at radius 3 is 2.79 bits per heavy atom. The van der Waals surface area contributed by atoms with E-state index in [1.807, 2.05) is 0 Å². The van der Waals surface area contributed by atoms with Crippen molar-refractivity contribution in [2.45, 2.75) is 39.2 Å². The molecule has 0 aliphatic heterocycles. The fourth-order valence-corrected chi connectivity index (χ4v) is 2.28. The molecule has 0 spiro atoms. The van der Waals surface area contributed by atoms with Crippen molar-refractivity contribution in [1.29, 1.82) is 0 Å². The quantitative estimate of drug-likeness (QED) is 0.692. The van der Waals surface area contributed by atoms with Crippen molar-refractivity contribution in [3.63, 3.8) is 0 Å². The zero-order valence-electron chi connectivity index (χ0n) is 11.7. The van der Waals surface area contributed by atoms with Crippen LogP contribution in [-0.2, 0) is 11.2 Å². The first-order valence-electron chi connectivity index (χ1n) is 6.92. The van der Waals surface area contributed by atoms with Crippen molar-refractivity contribution in [3.8, 4) is 0 Å². The second-order valence-electron chi connectivity index (χ2n) is 4.67. The van der Waals surface area contributed by atoms with Crippen LogP contribution in [0.15, 0.2) is 22.7 Å². The minimum absolute atomic E-state index is 0.193. The predicted molar refractivity (Wildman–Crippen MR) is 81.0 cm³/mol. The van der Waals surface area contributed by atoms with Crippen LogP contribution in [0.25, 0.3) is 0 Å². The van der Waals surface area contributed by atoms with Gasteiger partial charge in [-0.1, -0.05) is 29.8 Å². The summed E-state index contributed by atoms with van der Waals surface area (Å²) >= 11 is 3.47. The van der Waals surface area contributed by atoms with E-state index >= 15 is 0 Å². The molecule has 0 amide bonds. The molecule has 19 heavy (non-hydrogen) atoms. The number of halogens is 2. The third-order valence-electron chi connectivity index (χ3n) is 2.82. The number of hydrogen-bond acceptors (Lipinski definition) is 2. The van der Waals surface area contributed by atoms with Gasteiger partial charge in [0.2, 0.25) is 0 Å². The van der Waals surface area contributed by atoms with Gasteiger partial charge in [0.1, 0.15) is 5.82 Å². The van der Waals surface area contributed by atoms with Crippen molar-refractivity contribution in [2.75, 3.05) is 19.8 Å². The maximum absolute atomic E-state index is 13.3. The second kappa shape index (κ2) is 9.45. The fraction of sp³-hybridized carbons (Fsp3) is 0.600. The highest BCUT2D eigenvalue weighted by atomic mass is 79.9. The summed E-state index contributed by atoms with van der Waals surface area (Å²) in [5.41, 5.74) is 0.980. The molecule has 108 valence electrons. The molecule has 0 aliphatic rings. The number of nitrogens with one attached hydrogen (secondary N) is 1. The van der Waals surface area contributed by atoms with Crippen molar-refractivity contribution in [1.82, 2.24) is 5.32 Å². The summed E-state index contributed by atoms with van der Waals surface area (Å²) in [5, 5.41) is 3.46. The lowest BCUT2D eigenvalue weighted by Gasteiger charge is -2.19. The van der Waals surface area contributed by atoms with Crippen molar-refractivity contribution < 1.29 is 9.13 Å². The Hall–Kier alpha value is -0.450. The highest BCUT2D eigenvalue weighted by Gasteiger charge is 2.12. The minimum Gasteiger partial charge on any atom is -0.380 e. The summed E-state index contributed by atoms with van der Waals surface area (Å²) in [5.74, 6) is -0.193. The van der Waals surface area contributed by atoms with Crippen LogP contribution in [0, 0.1) is 5.82 Å². The zero-order valence-corrected chi connectivity index (χ0v) is 13.3. The summed E-state index contributed by atoms with van der Waals surface area (Å²) in [7, 11) is 0. The Balaban J connectivity index is 2.61. The lowest BCUT2D eigenvalue weighted by atomic mass is 10.1. The standard InChI is InChI=1S/C15H23BrFNO/c1-3-7-18-14(11-19-8-4-2)10-12-9-13(17)5-6-15(12)16/h5-6,9,14,18H,3-4,7-8,10-11H2,1-2H3. The van der Waals surface area contributed by atoms with Crippen LogP contribution in [-0.4, -0.2) is 25.8 Å². The van der Waals surface area contributed by atoms with Crippen molar-refractivity contribution in [3.05, 3.63) is 34.1 Å². The number of rotatable bonds is 9. The van der Waals surface area contributed by atoms with Crippen LogP contribution >= 0.6 is 15.9 Å². The number of ether oxygens (including phenoxy) is 1. The van der Waals surface area contributed by atoms with Crippen LogP contribution in [0.3, 0.4) is 0 Å². The van der Waals surface area contributed by atoms with E-state index in [-0.39, 0.29) is 11.9 Å². The van der Waals surface area contributed by atoms with Crippen molar-refractivity contribution >= 4 is 15.9 Å². The summed E-state index contributed by atoms with van der Waals surface area (Å²) in [4.78, 5) is 0. The van der Waals surface area contributed by atoms with Crippen LogP contribution in [0.2, 0.25) is 0 Å². The molecule has 0 saturated heterocycles. The largest absolute Gasteiger partial charge is 0.380 e. The first kappa shape index (κ1) is 16.6. The Morgan fingerprint density at radius 2 is 2.11 bits per heavy atom. The van der Waals surface area contributed by atoms with Crippen LogP contribution < -0.4 is 5.32 Å². The summed E-state index contributed by atoms with van der Waals surface area (Å²) in [6, 6.07) is 5.04. The average molecular weight is 332 g/mol. The van der Waals surface area contributed by atoms with E-state index in [0.717, 1.165) is 42.5 Å². The summed E-state index contributed by atoms with van der Waals surface area (Å²) < 4.78 is 19.8. The maximum atomic E-state index is 13.3. The van der Waals surface area contributed by atoms with E-state index < -0.39 is 0 Å². The van der Waals surface area contributed by atoms with E-state index in [1.54, 1.807) is 12.1 Å². The van der Waals surface area contributed by atoms with Gasteiger partial charge in [0.15, 0.2) is 0 Å². The molecule has 0 fully saturated rings. The Bertz CT molecular complexity index is 373. The second-order valence-corrected chi connectivity index (χ2v) is 5.52. The lowest BCUT2D eigenvalue weighted by Crippen LogP contribution is -2.36. The van der Waals surface area contributed by atoms with Gasteiger partial charge in [-0.2, -0.15) is 0 Å². The highest BCUT2D eigenvalue weighted by molar-refractivity contribution is 9.10. The average Bonchev–Trinajstić information content (AvgIpc) is 2.40. The summed E-state index contributed by atoms with van der Waals surface area (Å²) in [6.07, 6.45) is 2.86. The van der Waals surface area contributed by atoms with Gasteiger partial charge in [-0.25, -0.2) is 4.39 Å². The van der Waals surface area contributed by atoms with Gasteiger partial charge in [-0.3, -0.25) is 0 Å². The van der Waals surface area contributed by atoms with Gasteiger partial charge in [-0.15, -0.1) is 0 Å². The number of benzene rings is 1. The molecule has 2 nitrogen and oxygen atoms in total. The molecule has 0 heterocycles. The Labute approximate surface area is 123 Å². The molecule has 0 aromatic heterocycles. The van der Waals surface area contributed by atoms with Gasteiger partial charge in [0.25, 0.3) is 0 Å². The Kier molecular flexibility index (Phi) is 8.26. The monoisotopic (exact) mass is 331 g/mol. The Morgan fingerprint density at radius 1 is 1.32 bits per heavy atom. The van der Waals surface area contributed by atoms with E-state index in [2.05, 4.69) is 35.1 Å². The highest BCUT2D eigenvalue weighted by Crippen LogP contribution is 2.19. The van der Waals surface area contributed by atoms with Gasteiger partial charge in [-0.05, 0) is 49.6 Å².